The molecule has 0 fully saturated rings. The Balaban J connectivity index is 2.52. The standard InChI is InChI=1S/C13H19FN2O2/c1-8(2)16-13(18)6-5-12(17)9-3-4-10(14)11(15)7-9/h3-4,7-8,12,17H,5-6,15H2,1-2H3,(H,16,18). The van der Waals surface area contributed by atoms with Gasteiger partial charge in [-0.05, 0) is 38.0 Å². The molecule has 5 heteroatoms. The first-order chi connectivity index (χ1) is 8.40. The van der Waals surface area contributed by atoms with Crippen molar-refractivity contribution in [3.63, 3.8) is 0 Å². The highest BCUT2D eigenvalue weighted by Gasteiger charge is 2.12. The molecule has 1 unspecified atom stereocenters. The molecule has 100 valence electrons. The van der Waals surface area contributed by atoms with Crippen molar-refractivity contribution in [3.8, 4) is 0 Å². The number of nitrogen functional groups attached to an aromatic ring is 1. The molecule has 0 heterocycles. The maximum absolute atomic E-state index is 12.9. The summed E-state index contributed by atoms with van der Waals surface area (Å²) in [7, 11) is 0. The first kappa shape index (κ1) is 14.4. The predicted molar refractivity (Wildman–Crippen MR) is 68.3 cm³/mol. The molecule has 18 heavy (non-hydrogen) atoms. The van der Waals surface area contributed by atoms with Crippen molar-refractivity contribution in [3.05, 3.63) is 29.6 Å². The highest BCUT2D eigenvalue weighted by atomic mass is 19.1. The monoisotopic (exact) mass is 254 g/mol. The summed E-state index contributed by atoms with van der Waals surface area (Å²) >= 11 is 0. The van der Waals surface area contributed by atoms with E-state index >= 15 is 0 Å². The molecule has 0 radical (unpaired) electrons. The minimum Gasteiger partial charge on any atom is -0.396 e. The molecule has 0 aliphatic rings. The van der Waals surface area contributed by atoms with Gasteiger partial charge in [0.2, 0.25) is 5.91 Å². The summed E-state index contributed by atoms with van der Waals surface area (Å²) in [4.78, 5) is 11.4. The number of rotatable bonds is 5. The van der Waals surface area contributed by atoms with Crippen LogP contribution in [0.3, 0.4) is 0 Å². The predicted octanol–water partition coefficient (Wildman–Crippen LogP) is 1.75. The van der Waals surface area contributed by atoms with E-state index in [2.05, 4.69) is 5.32 Å². The molecule has 0 bridgehead atoms. The minimum absolute atomic E-state index is 0.00168. The van der Waals surface area contributed by atoms with Gasteiger partial charge in [0.25, 0.3) is 0 Å². The number of carbonyl (C=O) groups excluding carboxylic acids is 1. The fourth-order valence-corrected chi connectivity index (χ4v) is 1.60. The molecule has 4 nitrogen and oxygen atoms in total. The van der Waals surface area contributed by atoms with Crippen LogP contribution in [0.15, 0.2) is 18.2 Å². The summed E-state index contributed by atoms with van der Waals surface area (Å²) in [6.07, 6.45) is -0.314. The first-order valence-corrected chi connectivity index (χ1v) is 5.92. The molecule has 1 aromatic rings. The number of carbonyl (C=O) groups is 1. The zero-order valence-electron chi connectivity index (χ0n) is 10.6. The van der Waals surface area contributed by atoms with Gasteiger partial charge < -0.3 is 16.2 Å². The molecule has 0 aliphatic heterocycles. The van der Waals surface area contributed by atoms with Crippen LogP contribution in [0.1, 0.15) is 38.4 Å². The van der Waals surface area contributed by atoms with E-state index in [-0.39, 0.29) is 30.5 Å². The second-order valence-electron chi connectivity index (χ2n) is 4.56. The number of anilines is 1. The lowest BCUT2D eigenvalue weighted by atomic mass is 10.0. The summed E-state index contributed by atoms with van der Waals surface area (Å²) in [5, 5.41) is 12.6. The number of hydrogen-bond donors (Lipinski definition) is 3. The van der Waals surface area contributed by atoms with Crippen LogP contribution in [0.25, 0.3) is 0 Å². The maximum atomic E-state index is 12.9. The van der Waals surface area contributed by atoms with Crippen molar-refractivity contribution >= 4 is 11.6 Å². The van der Waals surface area contributed by atoms with Crippen LogP contribution >= 0.6 is 0 Å². The summed E-state index contributed by atoms with van der Waals surface area (Å²) in [5.74, 6) is -0.623. The first-order valence-electron chi connectivity index (χ1n) is 5.92. The Morgan fingerprint density at radius 1 is 1.50 bits per heavy atom. The lowest BCUT2D eigenvalue weighted by molar-refractivity contribution is -0.122. The number of aliphatic hydroxyl groups excluding tert-OH is 1. The largest absolute Gasteiger partial charge is 0.396 e. The van der Waals surface area contributed by atoms with E-state index in [1.54, 1.807) is 0 Å². The molecule has 1 rings (SSSR count). The van der Waals surface area contributed by atoms with Crippen LogP contribution in [-0.2, 0) is 4.79 Å². The van der Waals surface area contributed by atoms with Gasteiger partial charge in [0.15, 0.2) is 0 Å². The van der Waals surface area contributed by atoms with Gasteiger partial charge in [-0.15, -0.1) is 0 Å². The van der Waals surface area contributed by atoms with Crippen LogP contribution in [-0.4, -0.2) is 17.1 Å². The van der Waals surface area contributed by atoms with Crippen LogP contribution in [0.2, 0.25) is 0 Å². The molecule has 0 aromatic heterocycles. The van der Waals surface area contributed by atoms with Crippen molar-refractivity contribution in [2.24, 2.45) is 0 Å². The molecular formula is C13H19FN2O2. The van der Waals surface area contributed by atoms with Gasteiger partial charge in [-0.25, -0.2) is 4.39 Å². The van der Waals surface area contributed by atoms with Gasteiger partial charge in [0.1, 0.15) is 5.82 Å². The van der Waals surface area contributed by atoms with Crippen LogP contribution in [0.5, 0.6) is 0 Å². The highest BCUT2D eigenvalue weighted by molar-refractivity contribution is 5.76. The molecule has 1 amide bonds. The fraction of sp³-hybridized carbons (Fsp3) is 0.462. The molecule has 0 aliphatic carbocycles. The molecule has 1 aromatic carbocycles. The van der Waals surface area contributed by atoms with E-state index < -0.39 is 11.9 Å². The molecule has 0 saturated carbocycles. The number of nitrogens with one attached hydrogen (secondary N) is 1. The highest BCUT2D eigenvalue weighted by Crippen LogP contribution is 2.22. The third-order valence-corrected chi connectivity index (χ3v) is 2.50. The second kappa shape index (κ2) is 6.35. The molecule has 1 atom stereocenters. The summed E-state index contributed by atoms with van der Waals surface area (Å²) in [6.45, 7) is 3.74. The number of benzene rings is 1. The average Bonchev–Trinajstić information content (AvgIpc) is 2.28. The lowest BCUT2D eigenvalue weighted by Gasteiger charge is -2.13. The Kier molecular flexibility index (Phi) is 5.09. The van der Waals surface area contributed by atoms with Crippen molar-refractivity contribution in [2.75, 3.05) is 5.73 Å². The normalized spacial score (nSPS) is 12.5. The van der Waals surface area contributed by atoms with Crippen molar-refractivity contribution < 1.29 is 14.3 Å². The maximum Gasteiger partial charge on any atom is 0.220 e. The topological polar surface area (TPSA) is 75.3 Å². The van der Waals surface area contributed by atoms with E-state index in [4.69, 9.17) is 5.73 Å². The minimum atomic E-state index is -0.814. The summed E-state index contributed by atoms with van der Waals surface area (Å²) in [6, 6.07) is 4.15. The van der Waals surface area contributed by atoms with Gasteiger partial charge >= 0.3 is 0 Å². The number of aliphatic hydroxyl groups is 1. The fourth-order valence-electron chi connectivity index (χ4n) is 1.60. The van der Waals surface area contributed by atoms with Crippen LogP contribution in [0.4, 0.5) is 10.1 Å². The number of hydrogen-bond acceptors (Lipinski definition) is 3. The SMILES string of the molecule is CC(C)NC(=O)CCC(O)c1ccc(F)c(N)c1. The van der Waals surface area contributed by atoms with Gasteiger partial charge in [-0.1, -0.05) is 6.07 Å². The second-order valence-corrected chi connectivity index (χ2v) is 4.56. The molecule has 0 saturated heterocycles. The Morgan fingerprint density at radius 2 is 2.17 bits per heavy atom. The van der Waals surface area contributed by atoms with Crippen LogP contribution < -0.4 is 11.1 Å². The number of halogens is 1. The zero-order valence-corrected chi connectivity index (χ0v) is 10.6. The summed E-state index contributed by atoms with van der Waals surface area (Å²) in [5.41, 5.74) is 5.93. The van der Waals surface area contributed by atoms with Gasteiger partial charge in [0, 0.05) is 12.5 Å². The Morgan fingerprint density at radius 3 is 2.72 bits per heavy atom. The van der Waals surface area contributed by atoms with Crippen molar-refractivity contribution in [2.45, 2.75) is 38.8 Å². The van der Waals surface area contributed by atoms with E-state index in [1.165, 1.54) is 18.2 Å². The third-order valence-electron chi connectivity index (χ3n) is 2.50. The van der Waals surface area contributed by atoms with E-state index in [1.807, 2.05) is 13.8 Å². The van der Waals surface area contributed by atoms with Gasteiger partial charge in [0.05, 0.1) is 11.8 Å². The Hall–Kier alpha value is -1.62. The van der Waals surface area contributed by atoms with E-state index in [0.717, 1.165) is 0 Å². The zero-order chi connectivity index (χ0) is 13.7. The van der Waals surface area contributed by atoms with E-state index in [0.29, 0.717) is 5.56 Å². The molecular weight excluding hydrogens is 235 g/mol. The molecule has 0 spiro atoms. The number of amides is 1. The van der Waals surface area contributed by atoms with Gasteiger partial charge in [-0.3, -0.25) is 4.79 Å². The quantitative estimate of drug-likeness (QED) is 0.701. The Labute approximate surface area is 106 Å². The smallest absolute Gasteiger partial charge is 0.220 e. The molecule has 4 N–H and O–H groups in total. The van der Waals surface area contributed by atoms with Crippen molar-refractivity contribution in [1.29, 1.82) is 0 Å². The van der Waals surface area contributed by atoms with Gasteiger partial charge in [-0.2, -0.15) is 0 Å². The van der Waals surface area contributed by atoms with E-state index in [9.17, 15) is 14.3 Å². The third kappa shape index (κ3) is 4.33. The number of nitrogens with two attached hydrogens (primary N) is 1. The van der Waals surface area contributed by atoms with Crippen LogP contribution in [0, 0.1) is 5.82 Å². The Bertz CT molecular complexity index is 421. The average molecular weight is 254 g/mol. The summed E-state index contributed by atoms with van der Waals surface area (Å²) < 4.78 is 12.9. The lowest BCUT2D eigenvalue weighted by Crippen LogP contribution is -2.30. The van der Waals surface area contributed by atoms with Crippen molar-refractivity contribution in [1.82, 2.24) is 5.32 Å².